The Morgan fingerprint density at radius 1 is 0.909 bits per heavy atom. The van der Waals surface area contributed by atoms with Gasteiger partial charge in [-0.15, -0.1) is 0 Å². The fourth-order valence-electron chi connectivity index (χ4n) is 4.44. The summed E-state index contributed by atoms with van der Waals surface area (Å²) < 4.78 is 0. The van der Waals surface area contributed by atoms with Crippen molar-refractivity contribution in [3.63, 3.8) is 0 Å². The van der Waals surface area contributed by atoms with Gasteiger partial charge in [-0.05, 0) is 53.0 Å². The van der Waals surface area contributed by atoms with Crippen molar-refractivity contribution in [1.29, 1.82) is 0 Å². The third kappa shape index (κ3) is 1.44. The number of fused-ring (bicyclic) bond motifs is 8. The van der Waals surface area contributed by atoms with Crippen LogP contribution in [0.5, 0.6) is 0 Å². The first-order valence-corrected chi connectivity index (χ1v) is 8.28. The van der Waals surface area contributed by atoms with E-state index in [4.69, 9.17) is 0 Å². The fourth-order valence-corrected chi connectivity index (χ4v) is 4.44. The molecule has 1 nitrogen and oxygen atoms in total. The Bertz CT molecular complexity index is 907. The van der Waals surface area contributed by atoms with E-state index in [0.29, 0.717) is 0 Å². The average Bonchev–Trinajstić information content (AvgIpc) is 3.16. The van der Waals surface area contributed by atoms with E-state index < -0.39 is 0 Å². The Morgan fingerprint density at radius 2 is 1.68 bits per heavy atom. The lowest BCUT2D eigenvalue weighted by Crippen LogP contribution is -2.19. The predicted molar refractivity (Wildman–Crippen MR) is 93.8 cm³/mol. The molecule has 1 aliphatic heterocycles. The molecule has 0 spiro atoms. The molecule has 1 heteroatoms. The first-order chi connectivity index (χ1) is 10.9. The van der Waals surface area contributed by atoms with Gasteiger partial charge in [0.25, 0.3) is 0 Å². The van der Waals surface area contributed by atoms with Crippen molar-refractivity contribution in [2.24, 2.45) is 0 Å². The number of benzene rings is 3. The van der Waals surface area contributed by atoms with Gasteiger partial charge in [-0.3, -0.25) is 0 Å². The van der Waals surface area contributed by atoms with Gasteiger partial charge in [0.15, 0.2) is 0 Å². The van der Waals surface area contributed by atoms with Crippen molar-refractivity contribution in [3.8, 4) is 11.1 Å². The highest BCUT2D eigenvalue weighted by Crippen LogP contribution is 2.49. The van der Waals surface area contributed by atoms with Crippen molar-refractivity contribution in [3.05, 3.63) is 65.2 Å². The van der Waals surface area contributed by atoms with Crippen molar-refractivity contribution in [1.82, 2.24) is 0 Å². The lowest BCUT2D eigenvalue weighted by Gasteiger charge is -2.21. The van der Waals surface area contributed by atoms with Crippen LogP contribution in [0, 0.1) is 0 Å². The van der Waals surface area contributed by atoms with Gasteiger partial charge in [-0.2, -0.15) is 0 Å². The highest BCUT2D eigenvalue weighted by Gasteiger charge is 2.30. The SMILES string of the molecule is CCN1CCc2c3c(c4ccccc4c21)-c1ccccc1C3. The van der Waals surface area contributed by atoms with Crippen LogP contribution in [0.1, 0.15) is 23.6 Å². The third-order valence-corrected chi connectivity index (χ3v) is 5.39. The molecule has 0 radical (unpaired) electrons. The highest BCUT2D eigenvalue weighted by molar-refractivity contribution is 6.09. The van der Waals surface area contributed by atoms with Crippen LogP contribution in [0.4, 0.5) is 5.69 Å². The zero-order valence-electron chi connectivity index (χ0n) is 12.9. The number of hydrogen-bond acceptors (Lipinski definition) is 1. The zero-order valence-corrected chi connectivity index (χ0v) is 12.9. The number of likely N-dealkylation sites (N-methyl/N-ethyl adjacent to an activating group) is 1. The van der Waals surface area contributed by atoms with Gasteiger partial charge in [0.1, 0.15) is 0 Å². The van der Waals surface area contributed by atoms with Crippen molar-refractivity contribution < 1.29 is 0 Å². The molecule has 1 aliphatic carbocycles. The monoisotopic (exact) mass is 285 g/mol. The van der Waals surface area contributed by atoms with E-state index in [9.17, 15) is 0 Å². The van der Waals surface area contributed by atoms with E-state index in [-0.39, 0.29) is 0 Å². The maximum absolute atomic E-state index is 2.56. The van der Waals surface area contributed by atoms with E-state index in [1.165, 1.54) is 46.1 Å². The number of hydrogen-bond donors (Lipinski definition) is 0. The molecule has 0 saturated carbocycles. The van der Waals surface area contributed by atoms with Crippen LogP contribution in [-0.4, -0.2) is 13.1 Å². The second-order valence-corrected chi connectivity index (χ2v) is 6.39. The lowest BCUT2D eigenvalue weighted by molar-refractivity contribution is 0.869. The van der Waals surface area contributed by atoms with E-state index in [1.807, 2.05) is 0 Å². The van der Waals surface area contributed by atoms with Gasteiger partial charge < -0.3 is 4.90 Å². The Kier molecular flexibility index (Phi) is 2.43. The summed E-state index contributed by atoms with van der Waals surface area (Å²) in [5.74, 6) is 0. The van der Waals surface area contributed by atoms with Crippen molar-refractivity contribution in [2.75, 3.05) is 18.0 Å². The Hall–Kier alpha value is -2.28. The Labute approximate surface area is 131 Å². The first kappa shape index (κ1) is 12.3. The van der Waals surface area contributed by atoms with Crippen LogP contribution >= 0.6 is 0 Å². The van der Waals surface area contributed by atoms with Crippen LogP contribution in [-0.2, 0) is 12.8 Å². The summed E-state index contributed by atoms with van der Waals surface area (Å²) in [5.41, 5.74) is 9.14. The van der Waals surface area contributed by atoms with Gasteiger partial charge in [0.05, 0.1) is 0 Å². The van der Waals surface area contributed by atoms with Crippen molar-refractivity contribution in [2.45, 2.75) is 19.8 Å². The Morgan fingerprint density at radius 3 is 2.55 bits per heavy atom. The smallest absolute Gasteiger partial charge is 0.0482 e. The van der Waals surface area contributed by atoms with Gasteiger partial charge in [0.2, 0.25) is 0 Å². The van der Waals surface area contributed by atoms with Gasteiger partial charge in [-0.25, -0.2) is 0 Å². The molecule has 0 aromatic heterocycles. The average molecular weight is 285 g/mol. The van der Waals surface area contributed by atoms with E-state index in [1.54, 1.807) is 11.1 Å². The molecule has 3 aromatic carbocycles. The molecule has 0 atom stereocenters. The second-order valence-electron chi connectivity index (χ2n) is 6.39. The molecule has 2 aliphatic rings. The molecule has 3 aromatic rings. The molecule has 1 heterocycles. The van der Waals surface area contributed by atoms with Gasteiger partial charge in [-0.1, -0.05) is 48.5 Å². The van der Waals surface area contributed by atoms with Crippen molar-refractivity contribution >= 4 is 16.5 Å². The van der Waals surface area contributed by atoms with Crippen LogP contribution < -0.4 is 4.90 Å². The normalized spacial score (nSPS) is 15.0. The van der Waals surface area contributed by atoms with Gasteiger partial charge >= 0.3 is 0 Å². The summed E-state index contributed by atoms with van der Waals surface area (Å²) in [4.78, 5) is 2.56. The zero-order chi connectivity index (χ0) is 14.7. The van der Waals surface area contributed by atoms with Crippen LogP contribution in [0.25, 0.3) is 21.9 Å². The van der Waals surface area contributed by atoms with Crippen LogP contribution in [0.3, 0.4) is 0 Å². The summed E-state index contributed by atoms with van der Waals surface area (Å²) in [6.45, 7) is 4.54. The Balaban J connectivity index is 1.94. The number of nitrogens with zero attached hydrogens (tertiary/aromatic N) is 1. The van der Waals surface area contributed by atoms with Crippen LogP contribution in [0.2, 0.25) is 0 Å². The second kappa shape index (κ2) is 4.36. The molecule has 22 heavy (non-hydrogen) atoms. The minimum absolute atomic E-state index is 1.10. The van der Waals surface area contributed by atoms with E-state index in [2.05, 4.69) is 60.4 Å². The molecular weight excluding hydrogens is 266 g/mol. The van der Waals surface area contributed by atoms with Gasteiger partial charge in [0, 0.05) is 24.2 Å². The van der Waals surface area contributed by atoms with Crippen LogP contribution in [0.15, 0.2) is 48.5 Å². The quantitative estimate of drug-likeness (QED) is 0.486. The topological polar surface area (TPSA) is 3.24 Å². The number of anilines is 1. The highest BCUT2D eigenvalue weighted by atomic mass is 15.1. The van der Waals surface area contributed by atoms with E-state index in [0.717, 1.165) is 13.0 Å². The fraction of sp³-hybridized carbons (Fsp3) is 0.238. The summed E-state index contributed by atoms with van der Waals surface area (Å²) in [6.07, 6.45) is 2.31. The molecule has 0 N–H and O–H groups in total. The van der Waals surface area contributed by atoms with E-state index >= 15 is 0 Å². The summed E-state index contributed by atoms with van der Waals surface area (Å²) in [7, 11) is 0. The number of rotatable bonds is 1. The molecule has 0 fully saturated rings. The maximum Gasteiger partial charge on any atom is 0.0482 e. The first-order valence-electron chi connectivity index (χ1n) is 8.28. The molecule has 0 saturated heterocycles. The third-order valence-electron chi connectivity index (χ3n) is 5.39. The molecule has 0 unspecified atom stereocenters. The minimum Gasteiger partial charge on any atom is -0.371 e. The molecule has 0 amide bonds. The largest absolute Gasteiger partial charge is 0.371 e. The molecule has 108 valence electrons. The molecular formula is C21H19N. The summed E-state index contributed by atoms with van der Waals surface area (Å²) in [5, 5.41) is 2.87. The lowest BCUT2D eigenvalue weighted by atomic mass is 9.92. The molecule has 5 rings (SSSR count). The summed E-state index contributed by atoms with van der Waals surface area (Å²) in [6, 6.07) is 17.9. The predicted octanol–water partition coefficient (Wildman–Crippen LogP) is 4.79. The minimum atomic E-state index is 1.10. The standard InChI is InChI=1S/C21H19N/c1-2-22-12-11-18-19-13-14-7-3-4-8-15(14)20(19)16-9-5-6-10-17(16)21(18)22/h3-10H,2,11-13H2,1H3. The maximum atomic E-state index is 2.56. The molecule has 0 bridgehead atoms. The summed E-state index contributed by atoms with van der Waals surface area (Å²) >= 11 is 0.